The van der Waals surface area contributed by atoms with Crippen LogP contribution in [0.4, 0.5) is 0 Å². The maximum Gasteiger partial charge on any atom is 0.334 e. The molecule has 0 N–H and O–H groups in total. The number of allylic oxidation sites excluding steroid dienone is 4. The second-order valence-electron chi connectivity index (χ2n) is 6.77. The van der Waals surface area contributed by atoms with Crippen LogP contribution in [-0.4, -0.2) is 23.6 Å². The van der Waals surface area contributed by atoms with Gasteiger partial charge in [0, 0.05) is 18.4 Å². The van der Waals surface area contributed by atoms with Gasteiger partial charge in [0.05, 0.1) is 0 Å². The predicted octanol–water partition coefficient (Wildman–Crippen LogP) is 3.64. The molecule has 0 saturated heterocycles. The molecule has 0 unspecified atom stereocenters. The molecule has 2 atom stereocenters. The maximum atomic E-state index is 12.4. The third-order valence-electron chi connectivity index (χ3n) is 4.51. The number of hydrogen-bond acceptors (Lipinski definition) is 4. The Bertz CT molecular complexity index is 676. The summed E-state index contributed by atoms with van der Waals surface area (Å²) in [5, 5.41) is 0. The molecule has 0 spiro atoms. The van der Waals surface area contributed by atoms with Gasteiger partial charge in [-0.2, -0.15) is 0 Å². The molecule has 0 amide bonds. The summed E-state index contributed by atoms with van der Waals surface area (Å²) >= 11 is 0. The molecule has 1 aliphatic heterocycles. The zero-order valence-corrected chi connectivity index (χ0v) is 14.6. The summed E-state index contributed by atoms with van der Waals surface area (Å²) in [4.78, 5) is 36.4. The Balaban J connectivity index is 2.32. The van der Waals surface area contributed by atoms with Gasteiger partial charge in [0.25, 0.3) is 0 Å². The lowest BCUT2D eigenvalue weighted by molar-refractivity contribution is -0.139. The number of carbonyl (C=O) groups is 3. The lowest BCUT2D eigenvalue weighted by atomic mass is 9.87. The molecule has 4 heteroatoms. The van der Waals surface area contributed by atoms with E-state index in [2.05, 4.69) is 6.58 Å². The first-order valence-electron chi connectivity index (χ1n) is 8.26. The number of esters is 1. The highest BCUT2D eigenvalue weighted by Crippen LogP contribution is 2.28. The van der Waals surface area contributed by atoms with Crippen LogP contribution in [0.1, 0.15) is 46.5 Å². The highest BCUT2D eigenvalue weighted by atomic mass is 16.5. The average molecular weight is 328 g/mol. The van der Waals surface area contributed by atoms with E-state index in [0.717, 1.165) is 11.1 Å². The minimum Gasteiger partial charge on any atom is -0.454 e. The first-order valence-corrected chi connectivity index (χ1v) is 8.26. The lowest BCUT2D eigenvalue weighted by Gasteiger charge is -2.16. The summed E-state index contributed by atoms with van der Waals surface area (Å²) in [6.45, 7) is 9.35. The van der Waals surface area contributed by atoms with E-state index in [1.165, 1.54) is 12.2 Å². The molecule has 0 radical (unpaired) electrons. The number of ether oxygens (including phenoxy) is 1. The predicted molar refractivity (Wildman–Crippen MR) is 92.3 cm³/mol. The van der Waals surface area contributed by atoms with Crippen molar-refractivity contribution in [3.63, 3.8) is 0 Å². The Morgan fingerprint density at radius 2 is 1.88 bits per heavy atom. The first-order chi connectivity index (χ1) is 11.3. The third kappa shape index (κ3) is 4.63. The topological polar surface area (TPSA) is 60.4 Å². The van der Waals surface area contributed by atoms with Crippen molar-refractivity contribution in [3.05, 3.63) is 47.1 Å². The first kappa shape index (κ1) is 18.1. The average Bonchev–Trinajstić information content (AvgIpc) is 2.81. The van der Waals surface area contributed by atoms with Crippen LogP contribution in [0.25, 0.3) is 0 Å². The number of Topliss-reactive ketones (excluding diaryl/α,β-unsaturated/α-hetero) is 1. The smallest absolute Gasteiger partial charge is 0.334 e. The molecule has 0 aromatic heterocycles. The van der Waals surface area contributed by atoms with Crippen LogP contribution in [0, 0.1) is 5.92 Å². The van der Waals surface area contributed by atoms with Crippen molar-refractivity contribution in [2.75, 3.05) is 0 Å². The van der Waals surface area contributed by atoms with Gasteiger partial charge in [-0.1, -0.05) is 17.7 Å². The van der Waals surface area contributed by atoms with Gasteiger partial charge in [0.15, 0.2) is 11.6 Å². The van der Waals surface area contributed by atoms with Crippen molar-refractivity contribution >= 4 is 17.5 Å². The molecule has 0 saturated carbocycles. The maximum absolute atomic E-state index is 12.4. The molecule has 2 aliphatic rings. The van der Waals surface area contributed by atoms with E-state index in [9.17, 15) is 14.4 Å². The van der Waals surface area contributed by atoms with E-state index in [0.29, 0.717) is 36.8 Å². The molecule has 0 aromatic carbocycles. The van der Waals surface area contributed by atoms with E-state index in [4.69, 9.17) is 4.74 Å². The summed E-state index contributed by atoms with van der Waals surface area (Å²) < 4.78 is 5.36. The Morgan fingerprint density at radius 3 is 2.54 bits per heavy atom. The number of ketones is 2. The molecule has 0 aromatic rings. The molecule has 1 heterocycles. The van der Waals surface area contributed by atoms with Gasteiger partial charge in [0.1, 0.15) is 6.10 Å². The molecule has 4 nitrogen and oxygen atoms in total. The van der Waals surface area contributed by atoms with Gasteiger partial charge in [-0.05, 0) is 63.3 Å². The molecule has 1 aliphatic carbocycles. The minimum atomic E-state index is -0.311. The van der Waals surface area contributed by atoms with E-state index in [1.807, 2.05) is 19.9 Å². The van der Waals surface area contributed by atoms with Crippen molar-refractivity contribution in [3.8, 4) is 0 Å². The molecule has 2 bridgehead atoms. The van der Waals surface area contributed by atoms with E-state index in [-0.39, 0.29) is 29.6 Å². The third-order valence-corrected chi connectivity index (χ3v) is 4.51. The molecule has 128 valence electrons. The fraction of sp³-hybridized carbons (Fsp3) is 0.450. The van der Waals surface area contributed by atoms with Crippen LogP contribution < -0.4 is 0 Å². The van der Waals surface area contributed by atoms with Crippen LogP contribution in [0.5, 0.6) is 0 Å². The van der Waals surface area contributed by atoms with Gasteiger partial charge >= 0.3 is 5.97 Å². The summed E-state index contributed by atoms with van der Waals surface area (Å²) in [5.41, 5.74) is 2.85. The normalized spacial score (nSPS) is 30.5. The van der Waals surface area contributed by atoms with Crippen molar-refractivity contribution in [2.24, 2.45) is 5.92 Å². The van der Waals surface area contributed by atoms with Crippen molar-refractivity contribution in [1.82, 2.24) is 0 Å². The van der Waals surface area contributed by atoms with Gasteiger partial charge in [-0.3, -0.25) is 9.59 Å². The van der Waals surface area contributed by atoms with E-state index in [1.54, 1.807) is 6.92 Å². The Kier molecular flexibility index (Phi) is 5.71. The number of hydrogen-bond donors (Lipinski definition) is 0. The molecular weight excluding hydrogens is 304 g/mol. The van der Waals surface area contributed by atoms with Gasteiger partial charge in [-0.25, -0.2) is 4.79 Å². The van der Waals surface area contributed by atoms with Gasteiger partial charge < -0.3 is 4.74 Å². The van der Waals surface area contributed by atoms with Crippen molar-refractivity contribution in [2.45, 2.75) is 52.6 Å². The van der Waals surface area contributed by atoms with E-state index < -0.39 is 0 Å². The standard InChI is InChI=1S/C20H24O4/c1-12(2)15-5-6-16-10-18(24-20(16)23)8-13(3)7-17(21)9-14(4)19(22)11-15/h7,9-10,15,18H,1,5-6,8,11H2,2-4H3/b13-7+,14-9+/t15-,18+/m1/s1. The van der Waals surface area contributed by atoms with Crippen molar-refractivity contribution in [1.29, 1.82) is 0 Å². The molecule has 24 heavy (non-hydrogen) atoms. The summed E-state index contributed by atoms with van der Waals surface area (Å²) in [6.07, 6.45) is 6.46. The minimum absolute atomic E-state index is 0.0103. The quantitative estimate of drug-likeness (QED) is 0.545. The lowest BCUT2D eigenvalue weighted by Crippen LogP contribution is -2.12. The van der Waals surface area contributed by atoms with E-state index >= 15 is 0 Å². The van der Waals surface area contributed by atoms with Crippen LogP contribution in [-0.2, 0) is 19.1 Å². The van der Waals surface area contributed by atoms with Crippen LogP contribution in [0.15, 0.2) is 47.1 Å². The van der Waals surface area contributed by atoms with Crippen LogP contribution >= 0.6 is 0 Å². The fourth-order valence-electron chi connectivity index (χ4n) is 3.02. The van der Waals surface area contributed by atoms with Crippen LogP contribution in [0.3, 0.4) is 0 Å². The zero-order chi connectivity index (χ0) is 17.9. The Labute approximate surface area is 143 Å². The molecule has 2 rings (SSSR count). The number of fused-ring (bicyclic) bond motifs is 1. The molecular formula is C20H24O4. The second kappa shape index (κ2) is 7.56. The zero-order valence-electron chi connectivity index (χ0n) is 14.6. The number of rotatable bonds is 1. The van der Waals surface area contributed by atoms with Crippen molar-refractivity contribution < 1.29 is 19.1 Å². The van der Waals surface area contributed by atoms with Crippen LogP contribution in [0.2, 0.25) is 0 Å². The molecule has 0 fully saturated rings. The fourth-order valence-corrected chi connectivity index (χ4v) is 3.02. The van der Waals surface area contributed by atoms with Gasteiger partial charge in [0.2, 0.25) is 0 Å². The Morgan fingerprint density at radius 1 is 1.17 bits per heavy atom. The SMILES string of the molecule is C=C(C)[C@@H]1CCC2=C[C@H](C/C(C)=C/C(=O)/C=C(\C)C(=O)C1)OC2=O. The summed E-state index contributed by atoms with van der Waals surface area (Å²) in [5.74, 6) is -0.574. The Hall–Kier alpha value is -2.23. The summed E-state index contributed by atoms with van der Waals surface area (Å²) in [6, 6.07) is 0. The van der Waals surface area contributed by atoms with Gasteiger partial charge in [-0.15, -0.1) is 0 Å². The number of carbonyl (C=O) groups excluding carboxylic acids is 3. The largest absolute Gasteiger partial charge is 0.454 e. The highest BCUT2D eigenvalue weighted by Gasteiger charge is 2.27. The summed E-state index contributed by atoms with van der Waals surface area (Å²) in [7, 11) is 0. The monoisotopic (exact) mass is 328 g/mol. The second-order valence-corrected chi connectivity index (χ2v) is 6.77. The highest BCUT2D eigenvalue weighted by molar-refractivity contribution is 6.07.